The third-order valence-electron chi connectivity index (χ3n) is 6.37. The molecule has 0 aliphatic carbocycles. The van der Waals surface area contributed by atoms with Crippen molar-refractivity contribution in [3.63, 3.8) is 0 Å². The van der Waals surface area contributed by atoms with Crippen molar-refractivity contribution in [2.24, 2.45) is 4.99 Å². The first-order valence-corrected chi connectivity index (χ1v) is 13.4. The van der Waals surface area contributed by atoms with Gasteiger partial charge in [-0.15, -0.1) is 0 Å². The lowest BCUT2D eigenvalue weighted by Gasteiger charge is -2.24. The van der Waals surface area contributed by atoms with E-state index in [4.69, 9.17) is 14.2 Å². The molecule has 1 atom stereocenters. The van der Waals surface area contributed by atoms with E-state index >= 15 is 0 Å². The third kappa shape index (κ3) is 5.56. The Morgan fingerprint density at radius 1 is 1.00 bits per heavy atom. The summed E-state index contributed by atoms with van der Waals surface area (Å²) in [6.45, 7) is 4.23. The maximum atomic E-state index is 13.7. The van der Waals surface area contributed by atoms with Gasteiger partial charge in [-0.25, -0.2) is 9.79 Å². The number of methoxy groups -OCH3 is 1. The zero-order chi connectivity index (χ0) is 27.4. The Morgan fingerprint density at radius 3 is 2.36 bits per heavy atom. The highest BCUT2D eigenvalue weighted by atomic mass is 32.1. The van der Waals surface area contributed by atoms with E-state index in [9.17, 15) is 9.59 Å². The molecule has 8 heteroatoms. The van der Waals surface area contributed by atoms with Crippen LogP contribution in [-0.2, 0) is 16.1 Å². The molecule has 39 heavy (non-hydrogen) atoms. The summed E-state index contributed by atoms with van der Waals surface area (Å²) in [5, 5.41) is 0. The molecule has 0 saturated heterocycles. The maximum absolute atomic E-state index is 13.7. The van der Waals surface area contributed by atoms with E-state index in [2.05, 4.69) is 4.99 Å². The highest BCUT2D eigenvalue weighted by Gasteiger charge is 2.33. The number of allylic oxidation sites excluding steroid dienone is 1. The molecule has 1 aliphatic heterocycles. The standard InChI is InChI=1S/C31H28N2O5S/c1-4-37-30(35)27-20(2)32-31-33(28(27)23-12-16-24(36-3)17-13-23)29(34)26(39-31)18-21-10-14-25(15-11-21)38-19-22-8-6-5-7-9-22/h5-18,28H,4,19H2,1-3H3/b26-18+/t28-/m0/s1. The third-order valence-corrected chi connectivity index (χ3v) is 7.36. The highest BCUT2D eigenvalue weighted by Crippen LogP contribution is 2.31. The lowest BCUT2D eigenvalue weighted by atomic mass is 9.96. The molecule has 4 aromatic rings. The molecular weight excluding hydrogens is 512 g/mol. The number of aromatic nitrogens is 1. The van der Waals surface area contributed by atoms with Gasteiger partial charge in [-0.1, -0.05) is 65.9 Å². The van der Waals surface area contributed by atoms with Crippen LogP contribution in [0.1, 0.15) is 36.6 Å². The maximum Gasteiger partial charge on any atom is 0.338 e. The summed E-state index contributed by atoms with van der Waals surface area (Å²) in [6.07, 6.45) is 1.83. The molecule has 0 bridgehead atoms. The zero-order valence-electron chi connectivity index (χ0n) is 21.9. The van der Waals surface area contributed by atoms with E-state index in [0.717, 1.165) is 22.4 Å². The van der Waals surface area contributed by atoms with Crippen LogP contribution in [0.15, 0.2) is 99.9 Å². The van der Waals surface area contributed by atoms with Gasteiger partial charge in [0.2, 0.25) is 0 Å². The molecule has 0 saturated carbocycles. The number of ether oxygens (including phenoxy) is 3. The highest BCUT2D eigenvalue weighted by molar-refractivity contribution is 7.07. The predicted molar refractivity (Wildman–Crippen MR) is 151 cm³/mol. The smallest absolute Gasteiger partial charge is 0.338 e. The normalized spacial score (nSPS) is 14.9. The van der Waals surface area contributed by atoms with Crippen LogP contribution in [0.2, 0.25) is 0 Å². The number of esters is 1. The summed E-state index contributed by atoms with van der Waals surface area (Å²) in [5.74, 6) is 0.937. The van der Waals surface area contributed by atoms with Gasteiger partial charge in [0.15, 0.2) is 4.80 Å². The number of thiazole rings is 1. The van der Waals surface area contributed by atoms with Gasteiger partial charge in [0.05, 0.1) is 35.6 Å². The van der Waals surface area contributed by atoms with Crippen molar-refractivity contribution in [3.05, 3.63) is 127 Å². The topological polar surface area (TPSA) is 79.1 Å². The van der Waals surface area contributed by atoms with Gasteiger partial charge < -0.3 is 14.2 Å². The van der Waals surface area contributed by atoms with Crippen molar-refractivity contribution < 1.29 is 19.0 Å². The predicted octanol–water partition coefficient (Wildman–Crippen LogP) is 4.39. The SMILES string of the molecule is CCOC(=O)C1=C(C)N=c2s/c(=C/c3ccc(OCc4ccccc4)cc3)c(=O)n2[C@H]1c1ccc(OC)cc1. The van der Waals surface area contributed by atoms with Crippen molar-refractivity contribution in [3.8, 4) is 11.5 Å². The first-order chi connectivity index (χ1) is 19.0. The summed E-state index contributed by atoms with van der Waals surface area (Å²) in [7, 11) is 1.59. The lowest BCUT2D eigenvalue weighted by molar-refractivity contribution is -0.139. The minimum atomic E-state index is -0.665. The molecular formula is C31H28N2O5S. The van der Waals surface area contributed by atoms with Crippen molar-refractivity contribution in [1.82, 2.24) is 4.57 Å². The molecule has 7 nitrogen and oxygen atoms in total. The molecule has 0 unspecified atom stereocenters. The number of fused-ring (bicyclic) bond motifs is 1. The van der Waals surface area contributed by atoms with Gasteiger partial charge >= 0.3 is 5.97 Å². The fourth-order valence-corrected chi connectivity index (χ4v) is 5.49. The Hall–Kier alpha value is -4.43. The van der Waals surface area contributed by atoms with Crippen molar-refractivity contribution >= 4 is 23.4 Å². The molecule has 0 N–H and O–H groups in total. The fourth-order valence-electron chi connectivity index (χ4n) is 4.45. The second-order valence-corrected chi connectivity index (χ2v) is 9.93. The van der Waals surface area contributed by atoms with E-state index < -0.39 is 12.0 Å². The number of carbonyl (C=O) groups is 1. The van der Waals surface area contributed by atoms with Gasteiger partial charge in [-0.3, -0.25) is 9.36 Å². The summed E-state index contributed by atoms with van der Waals surface area (Å²) in [6, 6.07) is 24.2. The van der Waals surface area contributed by atoms with Crippen LogP contribution in [-0.4, -0.2) is 24.3 Å². The van der Waals surface area contributed by atoms with E-state index in [-0.39, 0.29) is 12.2 Å². The summed E-state index contributed by atoms with van der Waals surface area (Å²) < 4.78 is 18.6. The van der Waals surface area contributed by atoms with Gasteiger partial charge in [0.1, 0.15) is 18.1 Å². The first kappa shape index (κ1) is 26.2. The average Bonchev–Trinajstić information content (AvgIpc) is 3.26. The van der Waals surface area contributed by atoms with E-state index in [1.165, 1.54) is 11.3 Å². The van der Waals surface area contributed by atoms with E-state index in [1.807, 2.05) is 84.9 Å². The van der Waals surface area contributed by atoms with Gasteiger partial charge in [-0.05, 0) is 60.9 Å². The first-order valence-electron chi connectivity index (χ1n) is 12.6. The molecule has 2 heterocycles. The molecule has 0 radical (unpaired) electrons. The molecule has 0 fully saturated rings. The van der Waals surface area contributed by atoms with Crippen LogP contribution in [0.25, 0.3) is 6.08 Å². The number of hydrogen-bond acceptors (Lipinski definition) is 7. The van der Waals surface area contributed by atoms with Crippen LogP contribution in [0.5, 0.6) is 11.5 Å². The number of nitrogens with zero attached hydrogens (tertiary/aromatic N) is 2. The number of rotatable bonds is 8. The van der Waals surface area contributed by atoms with Crippen molar-refractivity contribution in [2.75, 3.05) is 13.7 Å². The van der Waals surface area contributed by atoms with Crippen LogP contribution in [0.4, 0.5) is 0 Å². The lowest BCUT2D eigenvalue weighted by Crippen LogP contribution is -2.39. The summed E-state index contributed by atoms with van der Waals surface area (Å²) in [4.78, 5) is 31.9. The van der Waals surface area contributed by atoms with E-state index in [1.54, 1.807) is 25.5 Å². The molecule has 5 rings (SSSR count). The quantitative estimate of drug-likeness (QED) is 0.310. The monoisotopic (exact) mass is 540 g/mol. The Bertz CT molecular complexity index is 1690. The summed E-state index contributed by atoms with van der Waals surface area (Å²) in [5.41, 5.74) is 3.36. The number of carbonyl (C=O) groups excluding carboxylic acids is 1. The van der Waals surface area contributed by atoms with Crippen LogP contribution < -0.4 is 24.4 Å². The van der Waals surface area contributed by atoms with Gasteiger partial charge in [-0.2, -0.15) is 0 Å². The Labute approximate surface area is 229 Å². The molecule has 1 aliphatic rings. The number of hydrogen-bond donors (Lipinski definition) is 0. The van der Waals surface area contributed by atoms with Crippen molar-refractivity contribution in [2.45, 2.75) is 26.5 Å². The van der Waals surface area contributed by atoms with Gasteiger partial charge in [0.25, 0.3) is 5.56 Å². The molecule has 0 amide bonds. The Kier molecular flexibility index (Phi) is 7.74. The van der Waals surface area contributed by atoms with Crippen LogP contribution >= 0.6 is 11.3 Å². The molecule has 1 aromatic heterocycles. The largest absolute Gasteiger partial charge is 0.497 e. The molecule has 3 aromatic carbocycles. The summed E-state index contributed by atoms with van der Waals surface area (Å²) >= 11 is 1.29. The van der Waals surface area contributed by atoms with Gasteiger partial charge in [0, 0.05) is 0 Å². The molecule has 198 valence electrons. The second kappa shape index (κ2) is 11.5. The zero-order valence-corrected chi connectivity index (χ0v) is 22.7. The minimum absolute atomic E-state index is 0.223. The Balaban J connectivity index is 1.51. The fraction of sp³-hybridized carbons (Fsp3) is 0.194. The van der Waals surface area contributed by atoms with Crippen molar-refractivity contribution in [1.29, 1.82) is 0 Å². The second-order valence-electron chi connectivity index (χ2n) is 8.92. The average molecular weight is 541 g/mol. The van der Waals surface area contributed by atoms with Crippen LogP contribution in [0, 0.1) is 0 Å². The van der Waals surface area contributed by atoms with E-state index in [0.29, 0.717) is 33.0 Å². The van der Waals surface area contributed by atoms with Crippen LogP contribution in [0.3, 0.4) is 0 Å². The Morgan fingerprint density at radius 2 is 1.69 bits per heavy atom. The minimum Gasteiger partial charge on any atom is -0.497 e. The number of benzene rings is 3. The molecule has 0 spiro atoms.